The van der Waals surface area contributed by atoms with Crippen LogP contribution in [0.3, 0.4) is 0 Å². The predicted molar refractivity (Wildman–Crippen MR) is 32.7 cm³/mol. The number of rotatable bonds is 2. The van der Waals surface area contributed by atoms with Crippen molar-refractivity contribution < 1.29 is 14.3 Å². The Bertz CT molecular complexity index is 233. The summed E-state index contributed by atoms with van der Waals surface area (Å²) in [6.45, 7) is 0. The van der Waals surface area contributed by atoms with Gasteiger partial charge in [-0.1, -0.05) is 0 Å². The van der Waals surface area contributed by atoms with Crippen LogP contribution in [0.5, 0.6) is 0 Å². The first-order chi connectivity index (χ1) is 4.79. The molecule has 3 heteroatoms. The van der Waals surface area contributed by atoms with E-state index >= 15 is 0 Å². The Hall–Kier alpha value is -1.51. The molecule has 0 spiro atoms. The molecule has 0 aromatic carbocycles. The highest BCUT2D eigenvalue weighted by Crippen LogP contribution is 2.00. The van der Waals surface area contributed by atoms with Crippen LogP contribution < -0.4 is 5.11 Å². The number of aliphatic carboxylic acids is 1. The van der Waals surface area contributed by atoms with Gasteiger partial charge in [-0.25, -0.2) is 0 Å². The summed E-state index contributed by atoms with van der Waals surface area (Å²) in [7, 11) is 0. The molecule has 0 amide bonds. The van der Waals surface area contributed by atoms with Crippen molar-refractivity contribution in [3.8, 4) is 0 Å². The second-order valence-corrected chi connectivity index (χ2v) is 1.67. The molecule has 3 nitrogen and oxygen atoms in total. The number of carbonyl (C=O) groups excluding carboxylic acids is 1. The summed E-state index contributed by atoms with van der Waals surface area (Å²) in [5.41, 5.74) is 0. The Balaban J connectivity index is 2.64. The van der Waals surface area contributed by atoms with Gasteiger partial charge in [0.2, 0.25) is 0 Å². The third-order valence-electron chi connectivity index (χ3n) is 0.927. The quantitative estimate of drug-likeness (QED) is 0.541. The Labute approximate surface area is 57.6 Å². The number of carboxylic acid groups (broad SMARTS) is 1. The number of hydrogen-bond donors (Lipinski definition) is 0. The average Bonchev–Trinajstić information content (AvgIpc) is 2.34. The lowest BCUT2D eigenvalue weighted by atomic mass is 10.4. The fourth-order valence-corrected chi connectivity index (χ4v) is 0.536. The summed E-state index contributed by atoms with van der Waals surface area (Å²) < 4.78 is 4.81. The van der Waals surface area contributed by atoms with E-state index in [-0.39, 0.29) is 0 Å². The van der Waals surface area contributed by atoms with E-state index < -0.39 is 5.97 Å². The largest absolute Gasteiger partial charge is 0.545 e. The van der Waals surface area contributed by atoms with Gasteiger partial charge in [-0.05, 0) is 24.3 Å². The lowest BCUT2D eigenvalue weighted by Gasteiger charge is -1.87. The van der Waals surface area contributed by atoms with Crippen LogP contribution in [0.2, 0.25) is 0 Å². The van der Waals surface area contributed by atoms with Gasteiger partial charge < -0.3 is 14.3 Å². The van der Waals surface area contributed by atoms with Gasteiger partial charge >= 0.3 is 0 Å². The number of furan rings is 1. The van der Waals surface area contributed by atoms with Crippen molar-refractivity contribution >= 4 is 12.0 Å². The van der Waals surface area contributed by atoms with Gasteiger partial charge in [-0.2, -0.15) is 0 Å². The van der Waals surface area contributed by atoms with Crippen molar-refractivity contribution in [3.63, 3.8) is 0 Å². The summed E-state index contributed by atoms with van der Waals surface area (Å²) >= 11 is 0. The Kier molecular flexibility index (Phi) is 1.89. The van der Waals surface area contributed by atoms with Gasteiger partial charge in [0, 0.05) is 0 Å². The molecular weight excluding hydrogens is 132 g/mol. The van der Waals surface area contributed by atoms with E-state index in [1.165, 1.54) is 12.3 Å². The molecule has 0 radical (unpaired) electrons. The van der Waals surface area contributed by atoms with Crippen molar-refractivity contribution in [2.24, 2.45) is 0 Å². The van der Waals surface area contributed by atoms with Crippen molar-refractivity contribution in [2.45, 2.75) is 0 Å². The number of hydrogen-bond acceptors (Lipinski definition) is 3. The maximum Gasteiger partial charge on any atom is 0.126 e. The molecule has 1 aromatic rings. The maximum absolute atomic E-state index is 9.85. The first kappa shape index (κ1) is 6.61. The summed E-state index contributed by atoms with van der Waals surface area (Å²) in [6, 6.07) is 3.33. The van der Waals surface area contributed by atoms with Gasteiger partial charge in [0.15, 0.2) is 0 Å². The fourth-order valence-electron chi connectivity index (χ4n) is 0.536. The average molecular weight is 137 g/mol. The highest BCUT2D eigenvalue weighted by atomic mass is 16.4. The molecule has 0 fully saturated rings. The molecule has 0 atom stereocenters. The van der Waals surface area contributed by atoms with Gasteiger partial charge in [-0.15, -0.1) is 0 Å². The summed E-state index contributed by atoms with van der Waals surface area (Å²) in [5.74, 6) is -0.722. The second-order valence-electron chi connectivity index (χ2n) is 1.67. The normalized spacial score (nSPS) is 10.4. The van der Waals surface area contributed by atoms with Crippen LogP contribution in [0.15, 0.2) is 28.9 Å². The van der Waals surface area contributed by atoms with E-state index in [4.69, 9.17) is 4.42 Å². The molecule has 0 saturated carbocycles. The zero-order valence-electron chi connectivity index (χ0n) is 5.11. The van der Waals surface area contributed by atoms with Crippen LogP contribution in [0.1, 0.15) is 5.76 Å². The molecule has 10 heavy (non-hydrogen) atoms. The van der Waals surface area contributed by atoms with Gasteiger partial charge in [0.05, 0.1) is 12.2 Å². The Morgan fingerprint density at radius 3 is 3.00 bits per heavy atom. The van der Waals surface area contributed by atoms with Gasteiger partial charge in [0.1, 0.15) is 5.76 Å². The van der Waals surface area contributed by atoms with Crippen LogP contribution in [0.25, 0.3) is 6.08 Å². The zero-order valence-corrected chi connectivity index (χ0v) is 5.11. The third kappa shape index (κ3) is 1.78. The lowest BCUT2D eigenvalue weighted by molar-refractivity contribution is -0.297. The molecule has 0 aliphatic heterocycles. The number of carbonyl (C=O) groups is 1. The highest BCUT2D eigenvalue weighted by Gasteiger charge is 1.84. The molecule has 52 valence electrons. The topological polar surface area (TPSA) is 53.3 Å². The Morgan fingerprint density at radius 1 is 1.70 bits per heavy atom. The van der Waals surface area contributed by atoms with Crippen LogP contribution >= 0.6 is 0 Å². The minimum absolute atomic E-state index is 0.504. The highest BCUT2D eigenvalue weighted by molar-refractivity contribution is 5.82. The monoisotopic (exact) mass is 137 g/mol. The van der Waals surface area contributed by atoms with Crippen LogP contribution in [0.4, 0.5) is 0 Å². The molecule has 0 saturated heterocycles. The van der Waals surface area contributed by atoms with E-state index in [2.05, 4.69) is 0 Å². The molecule has 0 aliphatic rings. The Morgan fingerprint density at radius 2 is 2.50 bits per heavy atom. The minimum atomic E-state index is -1.23. The van der Waals surface area contributed by atoms with Crippen molar-refractivity contribution in [1.29, 1.82) is 0 Å². The van der Waals surface area contributed by atoms with Gasteiger partial charge in [-0.3, -0.25) is 0 Å². The van der Waals surface area contributed by atoms with E-state index in [0.29, 0.717) is 5.76 Å². The van der Waals surface area contributed by atoms with Crippen LogP contribution in [-0.2, 0) is 4.79 Å². The minimum Gasteiger partial charge on any atom is -0.545 e. The standard InChI is InChI=1S/C7H6O3/c8-7(9)4-3-6-2-1-5-10-6/h1-5H,(H,8,9)/p-1/b4-3+. The molecule has 0 aliphatic carbocycles. The van der Waals surface area contributed by atoms with Gasteiger partial charge in [0.25, 0.3) is 0 Å². The van der Waals surface area contributed by atoms with E-state index in [1.807, 2.05) is 0 Å². The van der Waals surface area contributed by atoms with Crippen LogP contribution in [0, 0.1) is 0 Å². The molecule has 0 bridgehead atoms. The molecule has 1 rings (SSSR count). The molecule has 0 N–H and O–H groups in total. The third-order valence-corrected chi connectivity index (χ3v) is 0.927. The predicted octanol–water partition coefficient (Wildman–Crippen LogP) is 0.0427. The van der Waals surface area contributed by atoms with E-state index in [0.717, 1.165) is 6.08 Å². The number of carboxylic acids is 1. The SMILES string of the molecule is O=C([O-])/C=C/c1ccco1. The second kappa shape index (κ2) is 2.87. The zero-order chi connectivity index (χ0) is 7.40. The first-order valence-electron chi connectivity index (χ1n) is 2.71. The maximum atomic E-state index is 9.85. The summed E-state index contributed by atoms with van der Waals surface area (Å²) in [4.78, 5) is 9.85. The van der Waals surface area contributed by atoms with Crippen molar-refractivity contribution in [3.05, 3.63) is 30.2 Å². The summed E-state index contributed by atoms with van der Waals surface area (Å²) in [6.07, 6.45) is 3.71. The van der Waals surface area contributed by atoms with E-state index in [1.54, 1.807) is 12.1 Å². The lowest BCUT2D eigenvalue weighted by Crippen LogP contribution is -2.18. The van der Waals surface area contributed by atoms with Crippen molar-refractivity contribution in [2.75, 3.05) is 0 Å². The summed E-state index contributed by atoms with van der Waals surface area (Å²) in [5, 5.41) is 9.85. The molecule has 1 aromatic heterocycles. The fraction of sp³-hybridized carbons (Fsp3) is 0. The molecular formula is C7H5O3-. The molecule has 1 heterocycles. The van der Waals surface area contributed by atoms with Crippen molar-refractivity contribution in [1.82, 2.24) is 0 Å². The van der Waals surface area contributed by atoms with E-state index in [9.17, 15) is 9.90 Å². The smallest absolute Gasteiger partial charge is 0.126 e. The van der Waals surface area contributed by atoms with Crippen LogP contribution in [-0.4, -0.2) is 5.97 Å². The first-order valence-corrected chi connectivity index (χ1v) is 2.71. The molecule has 0 unspecified atom stereocenters.